The van der Waals surface area contributed by atoms with Gasteiger partial charge >= 0.3 is 10.2 Å². The maximum absolute atomic E-state index is 14.5. The molecule has 1 saturated heterocycles. The molecule has 2 aliphatic rings. The van der Waals surface area contributed by atoms with Crippen LogP contribution in [0.3, 0.4) is 0 Å². The number of hydrogen-bond acceptors (Lipinski definition) is 5. The van der Waals surface area contributed by atoms with Crippen molar-refractivity contribution in [1.82, 2.24) is 10.0 Å². The molecule has 0 bridgehead atoms. The van der Waals surface area contributed by atoms with E-state index in [0.29, 0.717) is 22.5 Å². The van der Waals surface area contributed by atoms with E-state index in [2.05, 4.69) is 19.2 Å². The summed E-state index contributed by atoms with van der Waals surface area (Å²) in [5.74, 6) is -2.16. The number of nitrogens with one attached hydrogen (secondary N) is 2. The molecule has 1 aliphatic carbocycles. The largest absolute Gasteiger partial charge is 0.506 e. The van der Waals surface area contributed by atoms with Crippen molar-refractivity contribution >= 4 is 21.8 Å². The minimum atomic E-state index is -4.17. The monoisotopic (exact) mass is 385 g/mol. The molecule has 1 aromatic rings. The Morgan fingerprint density at radius 3 is 2.73 bits per heavy atom. The maximum atomic E-state index is 14.5. The van der Waals surface area contributed by atoms with Gasteiger partial charge in [0, 0.05) is 12.6 Å². The van der Waals surface area contributed by atoms with Crippen LogP contribution >= 0.6 is 0 Å². The van der Waals surface area contributed by atoms with Crippen LogP contribution in [0.4, 0.5) is 10.1 Å². The summed E-state index contributed by atoms with van der Waals surface area (Å²) >= 11 is 0. The zero-order valence-corrected chi connectivity index (χ0v) is 15.7. The predicted octanol–water partition coefficient (Wildman–Crippen LogP) is 1.77. The Morgan fingerprint density at radius 2 is 2.15 bits per heavy atom. The lowest BCUT2D eigenvalue weighted by Gasteiger charge is -2.35. The van der Waals surface area contributed by atoms with Crippen LogP contribution in [0.5, 0.6) is 5.75 Å². The number of anilines is 1. The van der Waals surface area contributed by atoms with Crippen molar-refractivity contribution in [2.45, 2.75) is 52.1 Å². The number of halogens is 1. The van der Waals surface area contributed by atoms with E-state index >= 15 is 0 Å². The number of nitrogens with zero attached hydrogens (tertiary/aromatic N) is 1. The molecular formula is C17H24FN3O4S. The molecule has 1 amide bonds. The highest BCUT2D eigenvalue weighted by Gasteiger charge is 2.37. The topological polar surface area (TPSA) is 98.7 Å². The number of benzene rings is 1. The summed E-state index contributed by atoms with van der Waals surface area (Å²) in [6, 6.07) is 2.84. The first-order valence-electron chi connectivity index (χ1n) is 8.65. The van der Waals surface area contributed by atoms with E-state index in [-0.39, 0.29) is 5.41 Å². The SMILES string of the molecule is CC1(C)CCC[C@@H](NCc2cc(O)c(N3CC(=O)NS3(=O)=O)c(F)c2)C1. The number of phenolic OH excluding ortho intramolecular Hbond substituents is 1. The van der Waals surface area contributed by atoms with Gasteiger partial charge in [0.15, 0.2) is 5.82 Å². The van der Waals surface area contributed by atoms with Gasteiger partial charge in [-0.2, -0.15) is 8.42 Å². The predicted molar refractivity (Wildman–Crippen MR) is 95.4 cm³/mol. The molecule has 144 valence electrons. The minimum absolute atomic E-state index is 0.275. The highest BCUT2D eigenvalue weighted by atomic mass is 32.2. The van der Waals surface area contributed by atoms with E-state index in [4.69, 9.17) is 0 Å². The first-order chi connectivity index (χ1) is 12.1. The number of rotatable bonds is 4. The molecule has 1 aliphatic heterocycles. The highest BCUT2D eigenvalue weighted by Crippen LogP contribution is 2.36. The Bertz CT molecular complexity index is 802. The van der Waals surface area contributed by atoms with Crippen LogP contribution in [0.2, 0.25) is 0 Å². The second-order valence-electron chi connectivity index (χ2n) is 7.82. The first-order valence-corrected chi connectivity index (χ1v) is 10.1. The second-order valence-corrected chi connectivity index (χ2v) is 9.42. The smallest absolute Gasteiger partial charge is 0.326 e. The lowest BCUT2D eigenvalue weighted by atomic mass is 9.75. The summed E-state index contributed by atoms with van der Waals surface area (Å²) in [5.41, 5.74) is 0.283. The van der Waals surface area contributed by atoms with Crippen molar-refractivity contribution in [1.29, 1.82) is 0 Å². The van der Waals surface area contributed by atoms with Gasteiger partial charge in [-0.1, -0.05) is 20.3 Å². The van der Waals surface area contributed by atoms with Crippen molar-refractivity contribution in [3.05, 3.63) is 23.5 Å². The van der Waals surface area contributed by atoms with Crippen LogP contribution in [-0.2, 0) is 21.5 Å². The quantitative estimate of drug-likeness (QED) is 0.734. The number of carbonyl (C=O) groups is 1. The van der Waals surface area contributed by atoms with Crippen molar-refractivity contribution in [2.75, 3.05) is 10.8 Å². The standard InChI is InChI=1S/C17H24FN3O4S/c1-17(2)5-3-4-12(8-17)19-9-11-6-13(18)16(14(22)7-11)21-10-15(23)20-26(21,24)25/h6-7,12,19,22H,3-5,8-10H2,1-2H3,(H,20,23)/t12-/m1/s1. The van der Waals surface area contributed by atoms with Gasteiger partial charge in [-0.15, -0.1) is 0 Å². The molecule has 0 radical (unpaired) electrons. The second kappa shape index (κ2) is 6.70. The van der Waals surface area contributed by atoms with E-state index in [0.717, 1.165) is 19.3 Å². The average Bonchev–Trinajstić information content (AvgIpc) is 2.76. The van der Waals surface area contributed by atoms with Crippen molar-refractivity contribution < 1.29 is 22.7 Å². The Morgan fingerprint density at radius 1 is 1.42 bits per heavy atom. The van der Waals surface area contributed by atoms with Gasteiger partial charge in [-0.25, -0.2) is 13.4 Å². The average molecular weight is 385 g/mol. The molecule has 2 fully saturated rings. The zero-order valence-electron chi connectivity index (χ0n) is 14.9. The van der Waals surface area contributed by atoms with Crippen molar-refractivity contribution in [3.63, 3.8) is 0 Å². The maximum Gasteiger partial charge on any atom is 0.326 e. The van der Waals surface area contributed by atoms with E-state index in [1.165, 1.54) is 18.6 Å². The van der Waals surface area contributed by atoms with Crippen molar-refractivity contribution in [3.8, 4) is 5.75 Å². The van der Waals surface area contributed by atoms with E-state index in [1.807, 2.05) is 0 Å². The lowest BCUT2D eigenvalue weighted by molar-refractivity contribution is -0.117. The van der Waals surface area contributed by atoms with Gasteiger partial charge in [-0.05, 0) is 42.4 Å². The zero-order chi connectivity index (χ0) is 19.1. The summed E-state index contributed by atoms with van der Waals surface area (Å²) in [6.07, 6.45) is 4.40. The Kier molecular flexibility index (Phi) is 4.87. The highest BCUT2D eigenvalue weighted by molar-refractivity contribution is 7.92. The fourth-order valence-corrected chi connectivity index (χ4v) is 4.94. The van der Waals surface area contributed by atoms with Gasteiger partial charge in [0.25, 0.3) is 5.91 Å². The van der Waals surface area contributed by atoms with E-state index < -0.39 is 39.9 Å². The van der Waals surface area contributed by atoms with Gasteiger partial charge in [-0.3, -0.25) is 4.79 Å². The molecule has 1 aromatic carbocycles. The van der Waals surface area contributed by atoms with Crippen LogP contribution in [0.1, 0.15) is 45.1 Å². The fraction of sp³-hybridized carbons (Fsp3) is 0.588. The third-order valence-electron chi connectivity index (χ3n) is 4.97. The Balaban J connectivity index is 1.75. The molecule has 1 saturated carbocycles. The summed E-state index contributed by atoms with van der Waals surface area (Å²) in [5, 5.41) is 13.5. The molecule has 3 N–H and O–H groups in total. The van der Waals surface area contributed by atoms with Gasteiger partial charge in [0.2, 0.25) is 0 Å². The number of carbonyl (C=O) groups excluding carboxylic acids is 1. The molecular weight excluding hydrogens is 361 g/mol. The molecule has 1 atom stereocenters. The number of hydrogen-bond donors (Lipinski definition) is 3. The summed E-state index contributed by atoms with van der Waals surface area (Å²) in [6.45, 7) is 4.27. The molecule has 0 spiro atoms. The third kappa shape index (κ3) is 3.93. The summed E-state index contributed by atoms with van der Waals surface area (Å²) in [4.78, 5) is 11.3. The minimum Gasteiger partial charge on any atom is -0.506 e. The Hall–Kier alpha value is -1.87. The molecule has 1 heterocycles. The van der Waals surface area contributed by atoms with Crippen LogP contribution in [0, 0.1) is 11.2 Å². The van der Waals surface area contributed by atoms with Crippen LogP contribution in [0.25, 0.3) is 0 Å². The van der Waals surface area contributed by atoms with Gasteiger partial charge in [0.1, 0.15) is 18.0 Å². The molecule has 3 rings (SSSR count). The molecule has 26 heavy (non-hydrogen) atoms. The number of amides is 1. The van der Waals surface area contributed by atoms with Crippen molar-refractivity contribution in [2.24, 2.45) is 5.41 Å². The third-order valence-corrected chi connectivity index (χ3v) is 6.35. The molecule has 0 unspecified atom stereocenters. The van der Waals surface area contributed by atoms with Crippen LogP contribution in [0.15, 0.2) is 12.1 Å². The normalized spacial score (nSPS) is 24.5. The summed E-state index contributed by atoms with van der Waals surface area (Å²) < 4.78 is 40.5. The van der Waals surface area contributed by atoms with Crippen LogP contribution in [-0.4, -0.2) is 32.0 Å². The van der Waals surface area contributed by atoms with E-state index in [1.54, 1.807) is 4.72 Å². The van der Waals surface area contributed by atoms with Gasteiger partial charge < -0.3 is 10.4 Å². The fourth-order valence-electron chi connectivity index (χ4n) is 3.77. The molecule has 0 aromatic heterocycles. The van der Waals surface area contributed by atoms with Gasteiger partial charge in [0.05, 0.1) is 0 Å². The molecule has 9 heteroatoms. The van der Waals surface area contributed by atoms with E-state index in [9.17, 15) is 22.7 Å². The lowest BCUT2D eigenvalue weighted by Crippen LogP contribution is -2.36. The molecule has 7 nitrogen and oxygen atoms in total. The Labute approximate surface area is 152 Å². The summed E-state index contributed by atoms with van der Waals surface area (Å²) in [7, 11) is -4.17. The first kappa shape index (κ1) is 18.9. The number of phenols is 1. The number of aromatic hydroxyl groups is 1. The van der Waals surface area contributed by atoms with Crippen LogP contribution < -0.4 is 14.3 Å².